The fourth-order valence-corrected chi connectivity index (χ4v) is 6.39. The Bertz CT molecular complexity index is 1220. The third kappa shape index (κ3) is 5.47. The molecular weight excluding hydrogens is 475 g/mol. The van der Waals surface area contributed by atoms with Gasteiger partial charge in [0.05, 0.1) is 26.7 Å². The first-order chi connectivity index (χ1) is 17.5. The van der Waals surface area contributed by atoms with Gasteiger partial charge in [-0.15, -0.1) is 11.3 Å². The van der Waals surface area contributed by atoms with Crippen LogP contribution >= 0.6 is 11.3 Å². The lowest BCUT2D eigenvalue weighted by Crippen LogP contribution is -2.64. The van der Waals surface area contributed by atoms with Gasteiger partial charge >= 0.3 is 6.09 Å². The Balaban J connectivity index is 1.17. The maximum absolute atomic E-state index is 14.2. The number of thiophene rings is 1. The number of amides is 1. The van der Waals surface area contributed by atoms with Crippen LogP contribution in [0.3, 0.4) is 0 Å². The van der Waals surface area contributed by atoms with Crippen molar-refractivity contribution in [2.24, 2.45) is 5.92 Å². The van der Waals surface area contributed by atoms with Gasteiger partial charge in [0.1, 0.15) is 6.54 Å². The molecule has 0 spiro atoms. The van der Waals surface area contributed by atoms with E-state index < -0.39 is 5.82 Å². The number of ether oxygens (including phenoxy) is 2. The standard InChI is InChI=1S/C29H31FN2O3S/c1-34-26-10-9-23(18-25(26)30)28-24(13-17-36-28)19-31-29(33)35-27-20-32(15-11-22(27)12-16-32)14-5-8-21-6-3-2-4-7-21/h2-10,13,17-18,22,27H,11-12,14-16,19-20H2,1H3/p+1/t22?,27-,32?/m0/s1. The van der Waals surface area contributed by atoms with Gasteiger partial charge in [0, 0.05) is 30.2 Å². The molecule has 3 aliphatic heterocycles. The number of methoxy groups -OCH3 is 1. The predicted molar refractivity (Wildman–Crippen MR) is 141 cm³/mol. The Morgan fingerprint density at radius 1 is 1.17 bits per heavy atom. The number of nitrogens with zero attached hydrogens (tertiary/aromatic N) is 1. The van der Waals surface area contributed by atoms with Gasteiger partial charge < -0.3 is 19.3 Å². The zero-order valence-corrected chi connectivity index (χ0v) is 21.3. The molecule has 3 fully saturated rings. The van der Waals surface area contributed by atoms with Gasteiger partial charge in [0.25, 0.3) is 0 Å². The monoisotopic (exact) mass is 507 g/mol. The summed E-state index contributed by atoms with van der Waals surface area (Å²) in [6.07, 6.45) is 6.19. The number of hydrogen-bond donors (Lipinski definition) is 1. The van der Waals surface area contributed by atoms with E-state index in [1.165, 1.54) is 30.1 Å². The lowest BCUT2D eigenvalue weighted by molar-refractivity contribution is -0.941. The van der Waals surface area contributed by atoms with Crippen LogP contribution in [0.4, 0.5) is 9.18 Å². The lowest BCUT2D eigenvalue weighted by atomic mass is 9.83. The molecule has 1 aromatic heterocycles. The van der Waals surface area contributed by atoms with Crippen LogP contribution in [0.15, 0.2) is 66.1 Å². The summed E-state index contributed by atoms with van der Waals surface area (Å²) in [5.74, 6) is 0.250. The van der Waals surface area contributed by atoms with E-state index >= 15 is 0 Å². The van der Waals surface area contributed by atoms with Crippen molar-refractivity contribution in [3.63, 3.8) is 0 Å². The average Bonchev–Trinajstić information content (AvgIpc) is 3.37. The van der Waals surface area contributed by atoms with Gasteiger partial charge in [-0.25, -0.2) is 9.18 Å². The third-order valence-corrected chi connectivity index (χ3v) is 8.49. The third-order valence-electron chi connectivity index (χ3n) is 7.49. The van der Waals surface area contributed by atoms with Crippen molar-refractivity contribution in [1.29, 1.82) is 0 Å². The SMILES string of the molecule is COc1ccc(-c2sccc2CNC(=O)O[C@H]2C[N+]3(CC=Cc4ccccc4)CCC2CC3)cc1F. The Labute approximate surface area is 215 Å². The second-order valence-corrected chi connectivity index (χ2v) is 10.6. The summed E-state index contributed by atoms with van der Waals surface area (Å²) in [7, 11) is 1.45. The highest BCUT2D eigenvalue weighted by Gasteiger charge is 2.47. The molecule has 0 radical (unpaired) electrons. The number of quaternary nitrogens is 1. The molecule has 0 saturated carbocycles. The first-order valence-electron chi connectivity index (χ1n) is 12.5. The van der Waals surface area contributed by atoms with Crippen molar-refractivity contribution in [3.8, 4) is 16.2 Å². The first-order valence-corrected chi connectivity index (χ1v) is 13.3. The van der Waals surface area contributed by atoms with E-state index in [4.69, 9.17) is 9.47 Å². The minimum Gasteiger partial charge on any atom is -0.494 e. The van der Waals surface area contributed by atoms with E-state index in [1.807, 2.05) is 23.6 Å². The highest BCUT2D eigenvalue weighted by Crippen LogP contribution is 2.36. The molecule has 6 rings (SSSR count). The molecule has 1 amide bonds. The van der Waals surface area contributed by atoms with Gasteiger partial charge in [0.2, 0.25) is 0 Å². The molecular formula is C29H32FN2O3S+. The number of carbonyl (C=O) groups excluding carboxylic acids is 1. The predicted octanol–water partition coefficient (Wildman–Crippen LogP) is 6.11. The van der Waals surface area contributed by atoms with Crippen LogP contribution in [0.5, 0.6) is 5.75 Å². The van der Waals surface area contributed by atoms with Crippen LogP contribution in [0, 0.1) is 11.7 Å². The van der Waals surface area contributed by atoms with Crippen LogP contribution in [0.1, 0.15) is 24.0 Å². The summed E-state index contributed by atoms with van der Waals surface area (Å²) < 4.78 is 26.1. The first kappa shape index (κ1) is 24.5. The number of alkyl carbamates (subject to hydrolysis) is 1. The van der Waals surface area contributed by atoms with E-state index in [0.717, 1.165) is 59.5 Å². The van der Waals surface area contributed by atoms with Gasteiger partial charge in [-0.3, -0.25) is 0 Å². The molecule has 0 aliphatic carbocycles. The molecule has 0 unspecified atom stereocenters. The van der Waals surface area contributed by atoms with Gasteiger partial charge in [0.15, 0.2) is 17.7 Å². The van der Waals surface area contributed by atoms with E-state index in [0.29, 0.717) is 12.5 Å². The molecule has 2 aromatic carbocycles. The normalized spacial score (nSPS) is 23.1. The Kier molecular flexibility index (Phi) is 7.39. The number of rotatable bonds is 8. The fraction of sp³-hybridized carbons (Fsp3) is 0.345. The van der Waals surface area contributed by atoms with Gasteiger partial charge in [-0.1, -0.05) is 36.4 Å². The van der Waals surface area contributed by atoms with Crippen LogP contribution in [-0.4, -0.2) is 50.0 Å². The highest BCUT2D eigenvalue weighted by molar-refractivity contribution is 7.13. The van der Waals surface area contributed by atoms with Crippen molar-refractivity contribution in [3.05, 3.63) is 83.0 Å². The number of carbonyl (C=O) groups is 1. The Hall–Kier alpha value is -3.16. The summed E-state index contributed by atoms with van der Waals surface area (Å²) >= 11 is 1.52. The van der Waals surface area contributed by atoms with Crippen molar-refractivity contribution in [2.45, 2.75) is 25.5 Å². The average molecular weight is 508 g/mol. The van der Waals surface area contributed by atoms with Gasteiger partial charge in [-0.05, 0) is 52.4 Å². The van der Waals surface area contributed by atoms with Gasteiger partial charge in [-0.2, -0.15) is 0 Å². The van der Waals surface area contributed by atoms with Crippen molar-refractivity contribution < 1.29 is 23.1 Å². The number of fused-ring (bicyclic) bond motifs is 3. The topological polar surface area (TPSA) is 47.6 Å². The zero-order valence-electron chi connectivity index (χ0n) is 20.5. The van der Waals surface area contributed by atoms with Crippen molar-refractivity contribution in [1.82, 2.24) is 5.32 Å². The van der Waals surface area contributed by atoms with Crippen LogP contribution in [0.2, 0.25) is 0 Å². The number of nitrogens with one attached hydrogen (secondary N) is 1. The molecule has 3 saturated heterocycles. The molecule has 36 heavy (non-hydrogen) atoms. The molecule has 5 nitrogen and oxygen atoms in total. The fourth-order valence-electron chi connectivity index (χ4n) is 5.47. The van der Waals surface area contributed by atoms with Crippen molar-refractivity contribution in [2.75, 3.05) is 33.3 Å². The smallest absolute Gasteiger partial charge is 0.407 e. The minimum atomic E-state index is -0.403. The number of benzene rings is 2. The van der Waals surface area contributed by atoms with Crippen molar-refractivity contribution >= 4 is 23.5 Å². The van der Waals surface area contributed by atoms with Crippen LogP contribution in [0.25, 0.3) is 16.5 Å². The maximum atomic E-state index is 14.2. The zero-order chi connectivity index (χ0) is 25.0. The van der Waals surface area contributed by atoms with E-state index in [1.54, 1.807) is 6.07 Å². The lowest BCUT2D eigenvalue weighted by Gasteiger charge is -2.51. The van der Waals surface area contributed by atoms with E-state index in [2.05, 4.69) is 41.7 Å². The molecule has 3 aromatic rings. The van der Waals surface area contributed by atoms with Crippen LogP contribution < -0.4 is 10.1 Å². The summed E-state index contributed by atoms with van der Waals surface area (Å²) in [5, 5.41) is 4.87. The molecule has 1 atom stereocenters. The molecule has 2 bridgehead atoms. The molecule has 7 heteroatoms. The largest absolute Gasteiger partial charge is 0.494 e. The number of piperidine rings is 3. The molecule has 1 N–H and O–H groups in total. The highest BCUT2D eigenvalue weighted by atomic mass is 32.1. The second kappa shape index (κ2) is 10.8. The molecule has 188 valence electrons. The number of halogens is 1. The maximum Gasteiger partial charge on any atom is 0.407 e. The number of hydrogen-bond acceptors (Lipinski definition) is 4. The summed E-state index contributed by atoms with van der Waals surface area (Å²) in [4.78, 5) is 13.7. The Morgan fingerprint density at radius 2 is 1.97 bits per heavy atom. The molecule has 4 heterocycles. The summed E-state index contributed by atoms with van der Waals surface area (Å²) in [5.41, 5.74) is 2.91. The summed E-state index contributed by atoms with van der Waals surface area (Å²) in [6.45, 7) is 4.44. The van der Waals surface area contributed by atoms with Crippen LogP contribution in [-0.2, 0) is 11.3 Å². The second-order valence-electron chi connectivity index (χ2n) is 9.73. The van der Waals surface area contributed by atoms with E-state index in [9.17, 15) is 9.18 Å². The summed E-state index contributed by atoms with van der Waals surface area (Å²) in [6, 6.07) is 17.2. The Morgan fingerprint density at radius 3 is 2.72 bits per heavy atom. The minimum absolute atomic E-state index is 0.0599. The molecule has 3 aliphatic rings. The quantitative estimate of drug-likeness (QED) is 0.374. The van der Waals surface area contributed by atoms with E-state index in [-0.39, 0.29) is 17.9 Å².